The first kappa shape index (κ1) is 18.1. The van der Waals surface area contributed by atoms with Crippen LogP contribution in [0.2, 0.25) is 0 Å². The fraction of sp³-hybridized carbons (Fsp3) is 0.421. The van der Waals surface area contributed by atoms with Crippen molar-refractivity contribution in [1.82, 2.24) is 19.4 Å². The number of aromatic nitrogens is 2. The van der Waals surface area contributed by atoms with E-state index < -0.39 is 6.10 Å². The van der Waals surface area contributed by atoms with Crippen LogP contribution in [0.5, 0.6) is 0 Å². The number of aryl methyl sites for hydroxylation is 1. The van der Waals surface area contributed by atoms with Gasteiger partial charge in [0.25, 0.3) is 5.91 Å². The molecule has 0 saturated carbocycles. The number of amides is 2. The van der Waals surface area contributed by atoms with E-state index in [-0.39, 0.29) is 11.8 Å². The average molecular weight is 356 g/mol. The molecular formula is C19H24N4O3. The summed E-state index contributed by atoms with van der Waals surface area (Å²) in [6.07, 6.45) is 9.97. The predicted octanol–water partition coefficient (Wildman–Crippen LogP) is 0.957. The third-order valence-electron chi connectivity index (χ3n) is 4.74. The molecule has 3 heterocycles. The number of rotatable bonds is 5. The Morgan fingerprint density at radius 1 is 1.19 bits per heavy atom. The Morgan fingerprint density at radius 2 is 1.85 bits per heavy atom. The highest BCUT2D eigenvalue weighted by molar-refractivity contribution is 5.89. The molecule has 7 nitrogen and oxygen atoms in total. The Balaban J connectivity index is 1.55. The molecule has 1 atom stereocenters. The van der Waals surface area contributed by atoms with Gasteiger partial charge in [0.15, 0.2) is 6.10 Å². The third-order valence-corrected chi connectivity index (χ3v) is 4.74. The largest absolute Gasteiger partial charge is 0.377 e. The molecule has 3 rings (SSSR count). The van der Waals surface area contributed by atoms with Gasteiger partial charge in [-0.1, -0.05) is 25.2 Å². The van der Waals surface area contributed by atoms with Crippen molar-refractivity contribution in [3.05, 3.63) is 53.7 Å². The van der Waals surface area contributed by atoms with Crippen molar-refractivity contribution in [2.75, 3.05) is 26.2 Å². The maximum absolute atomic E-state index is 12.6. The molecule has 1 N–H and O–H groups in total. The number of carbonyl (C=O) groups is 2. The molecule has 26 heavy (non-hydrogen) atoms. The van der Waals surface area contributed by atoms with Crippen molar-refractivity contribution in [3.63, 3.8) is 0 Å². The molecule has 2 amide bonds. The van der Waals surface area contributed by atoms with Gasteiger partial charge in [-0.3, -0.25) is 9.59 Å². The molecular weight excluding hydrogens is 332 g/mol. The van der Waals surface area contributed by atoms with Gasteiger partial charge in [-0.05, 0) is 17.6 Å². The number of nitrogens with zero attached hydrogens (tertiary/aromatic N) is 4. The first-order valence-corrected chi connectivity index (χ1v) is 8.76. The molecule has 0 bridgehead atoms. The minimum absolute atomic E-state index is 0.0204. The van der Waals surface area contributed by atoms with E-state index >= 15 is 0 Å². The maximum atomic E-state index is 12.6. The van der Waals surface area contributed by atoms with Gasteiger partial charge >= 0.3 is 0 Å². The Labute approximate surface area is 152 Å². The van der Waals surface area contributed by atoms with Crippen LogP contribution in [-0.4, -0.2) is 62.5 Å². The van der Waals surface area contributed by atoms with Gasteiger partial charge in [0.05, 0.1) is 18.2 Å². The van der Waals surface area contributed by atoms with E-state index in [1.165, 1.54) is 6.20 Å². The van der Waals surface area contributed by atoms with Crippen LogP contribution in [0.1, 0.15) is 25.1 Å². The predicted molar refractivity (Wildman–Crippen MR) is 96.9 cm³/mol. The van der Waals surface area contributed by atoms with Gasteiger partial charge in [-0.25, -0.2) is 4.98 Å². The summed E-state index contributed by atoms with van der Waals surface area (Å²) in [5.41, 5.74) is 2.67. The van der Waals surface area contributed by atoms with Gasteiger partial charge in [0.2, 0.25) is 5.91 Å². The van der Waals surface area contributed by atoms with E-state index in [4.69, 9.17) is 0 Å². The number of allylic oxidation sites excluding steroid dienone is 3. The molecule has 0 fully saturated rings. The van der Waals surface area contributed by atoms with Gasteiger partial charge in [-0.15, -0.1) is 0 Å². The van der Waals surface area contributed by atoms with Crippen LogP contribution >= 0.6 is 0 Å². The molecule has 1 unspecified atom stereocenters. The van der Waals surface area contributed by atoms with Crippen molar-refractivity contribution in [3.8, 4) is 0 Å². The van der Waals surface area contributed by atoms with E-state index in [2.05, 4.69) is 4.98 Å². The molecule has 0 aliphatic carbocycles. The molecule has 0 spiro atoms. The number of aliphatic hydroxyl groups is 1. The highest BCUT2D eigenvalue weighted by Gasteiger charge is 2.36. The van der Waals surface area contributed by atoms with Gasteiger partial charge in [-0.2, -0.15) is 0 Å². The summed E-state index contributed by atoms with van der Waals surface area (Å²) < 4.78 is 1.64. The van der Waals surface area contributed by atoms with E-state index in [0.29, 0.717) is 31.9 Å². The van der Waals surface area contributed by atoms with Crippen molar-refractivity contribution in [2.24, 2.45) is 7.05 Å². The van der Waals surface area contributed by atoms with E-state index in [9.17, 15) is 14.7 Å². The second kappa shape index (κ2) is 7.70. The molecule has 7 heteroatoms. The molecule has 2 aliphatic rings. The second-order valence-corrected chi connectivity index (χ2v) is 6.62. The number of hydrogen-bond donors (Lipinski definition) is 1. The molecule has 0 saturated heterocycles. The highest BCUT2D eigenvalue weighted by Crippen LogP contribution is 2.28. The number of hydrogen-bond acceptors (Lipinski definition) is 4. The Hall–Kier alpha value is -2.67. The molecule has 1 aromatic heterocycles. The average Bonchev–Trinajstić information content (AvgIpc) is 3.31. The van der Waals surface area contributed by atoms with Crippen molar-refractivity contribution < 1.29 is 14.7 Å². The zero-order chi connectivity index (χ0) is 18.7. The van der Waals surface area contributed by atoms with Crippen LogP contribution in [0.3, 0.4) is 0 Å². The first-order chi connectivity index (χ1) is 12.5. The van der Waals surface area contributed by atoms with Crippen LogP contribution in [0.25, 0.3) is 0 Å². The van der Waals surface area contributed by atoms with Crippen LogP contribution in [0.4, 0.5) is 0 Å². The lowest BCUT2D eigenvalue weighted by Crippen LogP contribution is -2.38. The minimum atomic E-state index is -1.21. The van der Waals surface area contributed by atoms with Gasteiger partial charge in [0, 0.05) is 39.3 Å². The van der Waals surface area contributed by atoms with Crippen LogP contribution < -0.4 is 0 Å². The van der Waals surface area contributed by atoms with Crippen molar-refractivity contribution in [2.45, 2.75) is 19.4 Å². The fourth-order valence-electron chi connectivity index (χ4n) is 3.28. The minimum Gasteiger partial charge on any atom is -0.377 e. The van der Waals surface area contributed by atoms with Gasteiger partial charge in [0.1, 0.15) is 0 Å². The normalized spacial score (nSPS) is 18.4. The van der Waals surface area contributed by atoms with E-state index in [1.54, 1.807) is 39.9 Å². The van der Waals surface area contributed by atoms with Crippen molar-refractivity contribution >= 4 is 11.8 Å². The quantitative estimate of drug-likeness (QED) is 0.484. The summed E-state index contributed by atoms with van der Waals surface area (Å²) in [6, 6.07) is 0. The molecule has 1 aromatic rings. The van der Waals surface area contributed by atoms with E-state index in [0.717, 1.165) is 17.6 Å². The number of aliphatic hydroxyl groups excluding tert-OH is 1. The van der Waals surface area contributed by atoms with Crippen LogP contribution in [0, 0.1) is 0 Å². The SMILES string of the molecule is CC/C=C/C=C/C(=O)N1CC2=C(C1)CN(C(=O)C(O)c1cncn1C)C2. The molecule has 2 aliphatic heterocycles. The summed E-state index contributed by atoms with van der Waals surface area (Å²) in [4.78, 5) is 32.1. The summed E-state index contributed by atoms with van der Waals surface area (Å²) >= 11 is 0. The molecule has 138 valence electrons. The Bertz CT molecular complexity index is 772. The summed E-state index contributed by atoms with van der Waals surface area (Å²) in [5, 5.41) is 10.3. The number of carbonyl (C=O) groups excluding carboxylic acids is 2. The van der Waals surface area contributed by atoms with Crippen molar-refractivity contribution in [1.29, 1.82) is 0 Å². The fourth-order valence-corrected chi connectivity index (χ4v) is 3.28. The Kier molecular flexibility index (Phi) is 5.37. The van der Waals surface area contributed by atoms with E-state index in [1.807, 2.05) is 19.1 Å². The maximum Gasteiger partial charge on any atom is 0.258 e. The van der Waals surface area contributed by atoms with Crippen LogP contribution in [0.15, 0.2) is 48.0 Å². The topological polar surface area (TPSA) is 78.7 Å². The molecule has 0 aromatic carbocycles. The monoisotopic (exact) mass is 356 g/mol. The second-order valence-electron chi connectivity index (χ2n) is 6.62. The van der Waals surface area contributed by atoms with Crippen LogP contribution in [-0.2, 0) is 16.6 Å². The molecule has 0 radical (unpaired) electrons. The summed E-state index contributed by atoms with van der Waals surface area (Å²) in [5.74, 6) is -0.349. The summed E-state index contributed by atoms with van der Waals surface area (Å²) in [7, 11) is 1.74. The Morgan fingerprint density at radius 3 is 2.42 bits per heavy atom. The lowest BCUT2D eigenvalue weighted by molar-refractivity contribution is -0.139. The zero-order valence-corrected chi connectivity index (χ0v) is 15.1. The standard InChI is InChI=1S/C19H24N4O3/c1-3-4-5-6-7-17(24)22-9-14-11-23(12-15(14)10-22)19(26)18(25)16-8-20-13-21(16)2/h4-8,13,18,25H,3,9-12H2,1-2H3/b5-4+,7-6+. The lowest BCUT2D eigenvalue weighted by Gasteiger charge is -2.24. The zero-order valence-electron chi connectivity index (χ0n) is 15.1. The number of imidazole rings is 1. The lowest BCUT2D eigenvalue weighted by atomic mass is 10.2. The third kappa shape index (κ3) is 3.62. The van der Waals surface area contributed by atoms with Gasteiger partial charge < -0.3 is 19.5 Å². The first-order valence-electron chi connectivity index (χ1n) is 8.76. The summed E-state index contributed by atoms with van der Waals surface area (Å²) in [6.45, 7) is 4.06. The highest BCUT2D eigenvalue weighted by atomic mass is 16.3. The smallest absolute Gasteiger partial charge is 0.258 e.